The number of allylic oxidation sites excluding steroid dienone is 1. The highest BCUT2D eigenvalue weighted by Gasteiger charge is 2.84. The summed E-state index contributed by atoms with van der Waals surface area (Å²) in [6.45, 7) is 8.25. The van der Waals surface area contributed by atoms with E-state index in [9.17, 15) is 34.5 Å². The van der Waals surface area contributed by atoms with Crippen LogP contribution in [-0.4, -0.2) is 82.9 Å². The summed E-state index contributed by atoms with van der Waals surface area (Å²) in [7, 11) is 1.07. The summed E-state index contributed by atoms with van der Waals surface area (Å²) >= 11 is 0. The van der Waals surface area contributed by atoms with Gasteiger partial charge in [0.2, 0.25) is 11.7 Å². The number of aliphatic hydroxyl groups is 2. The zero-order valence-electron chi connectivity index (χ0n) is 19.5. The van der Waals surface area contributed by atoms with Crippen molar-refractivity contribution >= 4 is 23.9 Å². The molecule has 2 aliphatic carbocycles. The van der Waals surface area contributed by atoms with Crippen molar-refractivity contribution < 1.29 is 53.4 Å². The van der Waals surface area contributed by atoms with Crippen molar-refractivity contribution in [3.8, 4) is 0 Å². The van der Waals surface area contributed by atoms with Gasteiger partial charge in [0.05, 0.1) is 32.2 Å². The van der Waals surface area contributed by atoms with E-state index in [0.717, 1.165) is 14.0 Å². The number of carbonyl (C=O) groups is 4. The van der Waals surface area contributed by atoms with Crippen molar-refractivity contribution in [2.45, 2.75) is 63.6 Å². The molecular weight excluding hydrogens is 452 g/mol. The van der Waals surface area contributed by atoms with Gasteiger partial charge in [-0.25, -0.2) is 9.59 Å². The second kappa shape index (κ2) is 7.76. The molecule has 3 N–H and O–H groups in total. The minimum atomic E-state index is -2.22. The maximum absolute atomic E-state index is 13.1. The molecule has 4 rings (SSSR count). The standard InChI is InChI=1S/C23H30O11/c1-9(2)11-6-12-22-8-32-23(20(30)31-5,17(22)15(19(29)34-12)33-10(3)24)18(28)14(27)16(22)21(11,4)7-13(25)26/h11-12,14-18,27-28H,1,6-8H2,2-5H3,(H,25,26)/t11-,12+,14+,15+,16+,17+,18-,21-,22+,23-/m0/s1. The number of carboxylic acids is 1. The quantitative estimate of drug-likeness (QED) is 0.270. The molecule has 2 aliphatic heterocycles. The molecule has 4 fully saturated rings. The Hall–Kier alpha value is -2.50. The molecule has 1 spiro atoms. The highest BCUT2D eigenvalue weighted by molar-refractivity contribution is 5.87. The third kappa shape index (κ3) is 2.86. The highest BCUT2D eigenvalue weighted by Crippen LogP contribution is 2.72. The molecule has 2 saturated carbocycles. The third-order valence-electron chi connectivity index (χ3n) is 8.56. The summed E-state index contributed by atoms with van der Waals surface area (Å²) < 4.78 is 21.9. The van der Waals surface area contributed by atoms with E-state index < -0.39 is 88.9 Å². The lowest BCUT2D eigenvalue weighted by molar-refractivity contribution is -0.290. The molecule has 2 heterocycles. The molecular formula is C23H30O11. The molecule has 11 heteroatoms. The van der Waals surface area contributed by atoms with Crippen LogP contribution in [0.15, 0.2) is 12.2 Å². The van der Waals surface area contributed by atoms with Crippen molar-refractivity contribution in [2.24, 2.45) is 28.6 Å². The third-order valence-corrected chi connectivity index (χ3v) is 8.56. The van der Waals surface area contributed by atoms with Crippen molar-refractivity contribution in [1.29, 1.82) is 0 Å². The lowest BCUT2D eigenvalue weighted by Gasteiger charge is -2.66. The molecule has 0 aromatic heterocycles. The SMILES string of the molecule is C=C(C)[C@@H]1C[C@H]2OC(=O)[C@H](OC(C)=O)[C@H]3[C@]4(C(=O)OC)OC[C@]23[C@H]([C@@H](O)[C@@H]4O)[C@@]1(C)CC(=O)O. The van der Waals surface area contributed by atoms with Crippen molar-refractivity contribution in [3.05, 3.63) is 12.2 Å². The van der Waals surface area contributed by atoms with Crippen molar-refractivity contribution in [3.63, 3.8) is 0 Å². The lowest BCUT2D eigenvalue weighted by atomic mass is 9.39. The van der Waals surface area contributed by atoms with Crippen LogP contribution in [0.3, 0.4) is 0 Å². The Kier molecular flexibility index (Phi) is 5.62. The topological polar surface area (TPSA) is 166 Å². The van der Waals surface area contributed by atoms with E-state index in [1.165, 1.54) is 0 Å². The van der Waals surface area contributed by atoms with Gasteiger partial charge in [-0.05, 0) is 24.7 Å². The van der Waals surface area contributed by atoms with Crippen LogP contribution >= 0.6 is 0 Å². The van der Waals surface area contributed by atoms with Gasteiger partial charge in [-0.3, -0.25) is 9.59 Å². The van der Waals surface area contributed by atoms with E-state index in [-0.39, 0.29) is 13.0 Å². The van der Waals surface area contributed by atoms with Crippen LogP contribution in [-0.2, 0) is 38.1 Å². The number of hydrogen-bond donors (Lipinski definition) is 3. The fourth-order valence-electron chi connectivity index (χ4n) is 7.64. The predicted octanol–water partition coefficient (Wildman–Crippen LogP) is -0.183. The summed E-state index contributed by atoms with van der Waals surface area (Å²) in [5.41, 5.74) is -4.11. The lowest BCUT2D eigenvalue weighted by Crippen LogP contribution is -2.79. The Labute approximate surface area is 196 Å². The Morgan fingerprint density at radius 3 is 2.38 bits per heavy atom. The predicted molar refractivity (Wildman–Crippen MR) is 111 cm³/mol. The summed E-state index contributed by atoms with van der Waals surface area (Å²) in [6.07, 6.45) is -6.31. The van der Waals surface area contributed by atoms with Crippen LogP contribution in [0.2, 0.25) is 0 Å². The van der Waals surface area contributed by atoms with Gasteiger partial charge in [0.25, 0.3) is 0 Å². The van der Waals surface area contributed by atoms with E-state index in [4.69, 9.17) is 18.9 Å². The Morgan fingerprint density at radius 1 is 1.21 bits per heavy atom. The summed E-state index contributed by atoms with van der Waals surface area (Å²) in [5, 5.41) is 32.6. The molecule has 0 radical (unpaired) electrons. The molecule has 10 atom stereocenters. The molecule has 0 amide bonds. The molecule has 2 bridgehead atoms. The average molecular weight is 482 g/mol. The van der Waals surface area contributed by atoms with Gasteiger partial charge in [-0.1, -0.05) is 19.1 Å². The fourth-order valence-corrected chi connectivity index (χ4v) is 7.64. The number of ether oxygens (including phenoxy) is 4. The highest BCUT2D eigenvalue weighted by atomic mass is 16.6. The van der Waals surface area contributed by atoms with Crippen LogP contribution in [0, 0.1) is 28.6 Å². The molecule has 188 valence electrons. The van der Waals surface area contributed by atoms with Crippen LogP contribution in [0.5, 0.6) is 0 Å². The molecule has 11 nitrogen and oxygen atoms in total. The number of aliphatic hydroxyl groups excluding tert-OH is 2. The second-order valence-corrected chi connectivity index (χ2v) is 10.2. The number of methoxy groups -OCH3 is 1. The smallest absolute Gasteiger partial charge is 0.348 e. The van der Waals surface area contributed by atoms with Gasteiger partial charge in [-0.15, -0.1) is 0 Å². The van der Waals surface area contributed by atoms with Gasteiger partial charge in [-0.2, -0.15) is 0 Å². The van der Waals surface area contributed by atoms with Gasteiger partial charge in [0, 0.05) is 18.3 Å². The van der Waals surface area contributed by atoms with Crippen LogP contribution < -0.4 is 0 Å². The van der Waals surface area contributed by atoms with Crippen molar-refractivity contribution in [2.75, 3.05) is 13.7 Å². The number of esters is 3. The minimum Gasteiger partial charge on any atom is -0.481 e. The van der Waals surface area contributed by atoms with Gasteiger partial charge in [0.1, 0.15) is 12.2 Å². The van der Waals surface area contributed by atoms with E-state index in [1.807, 2.05) is 0 Å². The van der Waals surface area contributed by atoms with Crippen LogP contribution in [0.4, 0.5) is 0 Å². The first-order valence-corrected chi connectivity index (χ1v) is 11.1. The van der Waals surface area contributed by atoms with Crippen molar-refractivity contribution in [1.82, 2.24) is 0 Å². The van der Waals surface area contributed by atoms with E-state index in [0.29, 0.717) is 5.57 Å². The molecule has 0 aromatic carbocycles. The Bertz CT molecular complexity index is 961. The van der Waals surface area contributed by atoms with Crippen LogP contribution in [0.1, 0.15) is 33.6 Å². The second-order valence-electron chi connectivity index (χ2n) is 10.2. The number of carboxylic acid groups (broad SMARTS) is 1. The summed E-state index contributed by atoms with van der Waals surface area (Å²) in [4.78, 5) is 50.1. The van der Waals surface area contributed by atoms with E-state index in [1.54, 1.807) is 13.8 Å². The average Bonchev–Trinajstić information content (AvgIpc) is 3.03. The van der Waals surface area contributed by atoms with Gasteiger partial charge >= 0.3 is 23.9 Å². The Balaban J connectivity index is 2.02. The summed E-state index contributed by atoms with van der Waals surface area (Å²) in [5.74, 6) is -6.69. The monoisotopic (exact) mass is 482 g/mol. The number of rotatable bonds is 5. The van der Waals surface area contributed by atoms with Gasteiger partial charge in [0.15, 0.2) is 0 Å². The molecule has 0 unspecified atom stereocenters. The van der Waals surface area contributed by atoms with E-state index >= 15 is 0 Å². The maximum Gasteiger partial charge on any atom is 0.348 e. The van der Waals surface area contributed by atoms with Gasteiger partial charge < -0.3 is 34.3 Å². The first kappa shape index (κ1) is 24.6. The molecule has 0 aromatic rings. The molecule has 2 saturated heterocycles. The zero-order chi connectivity index (χ0) is 25.4. The number of carbonyl (C=O) groups excluding carboxylic acids is 3. The number of aliphatic carboxylic acids is 1. The van der Waals surface area contributed by atoms with E-state index in [2.05, 4.69) is 6.58 Å². The molecule has 34 heavy (non-hydrogen) atoms. The maximum atomic E-state index is 13.1. The Morgan fingerprint density at radius 2 is 1.85 bits per heavy atom. The fraction of sp³-hybridized carbons (Fsp3) is 0.739. The largest absolute Gasteiger partial charge is 0.481 e. The first-order chi connectivity index (χ1) is 15.8. The summed E-state index contributed by atoms with van der Waals surface area (Å²) in [6, 6.07) is 0. The first-order valence-electron chi connectivity index (χ1n) is 11.1. The normalized spacial score (nSPS) is 46.6. The molecule has 4 aliphatic rings. The number of hydrogen-bond acceptors (Lipinski definition) is 10. The minimum absolute atomic E-state index is 0.161. The zero-order valence-corrected chi connectivity index (χ0v) is 19.5. The van der Waals surface area contributed by atoms with Crippen LogP contribution in [0.25, 0.3) is 0 Å².